The molecule has 0 saturated carbocycles. The zero-order valence-electron chi connectivity index (χ0n) is 12.9. The summed E-state index contributed by atoms with van der Waals surface area (Å²) in [6, 6.07) is 5.79. The number of aryl methyl sites for hydroxylation is 1. The van der Waals surface area contributed by atoms with Crippen LogP contribution in [0, 0.1) is 12.8 Å². The smallest absolute Gasteiger partial charge is 0.255 e. The molecule has 0 unspecified atom stereocenters. The second-order valence-electron chi connectivity index (χ2n) is 5.92. The van der Waals surface area contributed by atoms with Gasteiger partial charge in [-0.05, 0) is 50.0 Å². The number of hydrogen-bond acceptors (Lipinski definition) is 3. The second kappa shape index (κ2) is 6.75. The van der Waals surface area contributed by atoms with Crippen molar-refractivity contribution in [2.24, 2.45) is 5.92 Å². The summed E-state index contributed by atoms with van der Waals surface area (Å²) in [7, 11) is 0. The Morgan fingerprint density at radius 3 is 3.00 bits per heavy atom. The lowest BCUT2D eigenvalue weighted by Gasteiger charge is -2.25. The first-order valence-electron chi connectivity index (χ1n) is 7.77. The quantitative estimate of drug-likeness (QED) is 0.887. The number of rotatable bonds is 5. The van der Waals surface area contributed by atoms with Crippen molar-refractivity contribution in [1.82, 2.24) is 20.2 Å². The highest BCUT2D eigenvalue weighted by Gasteiger charge is 2.24. The monoisotopic (exact) mass is 298 g/mol. The number of H-pyrrole nitrogens is 1. The van der Waals surface area contributed by atoms with Crippen molar-refractivity contribution >= 4 is 5.91 Å². The van der Waals surface area contributed by atoms with Crippen molar-refractivity contribution in [3.63, 3.8) is 0 Å². The van der Waals surface area contributed by atoms with Gasteiger partial charge in [0.05, 0.1) is 5.56 Å². The average Bonchev–Trinajstić information content (AvgIpc) is 3.18. The molecule has 2 N–H and O–H groups in total. The number of amides is 1. The zero-order valence-corrected chi connectivity index (χ0v) is 12.9. The molecular weight excluding hydrogens is 276 g/mol. The normalized spacial score (nSPS) is 17.6. The fourth-order valence-corrected chi connectivity index (χ4v) is 2.97. The maximum atomic E-state index is 12.9. The molecule has 5 nitrogen and oxygen atoms in total. The molecule has 1 fully saturated rings. The molecule has 0 aromatic carbocycles. The molecule has 1 aliphatic heterocycles. The van der Waals surface area contributed by atoms with Gasteiger partial charge < -0.3 is 15.2 Å². The lowest BCUT2D eigenvalue weighted by atomic mass is 10.1. The zero-order chi connectivity index (χ0) is 15.4. The van der Waals surface area contributed by atoms with Crippen molar-refractivity contribution in [2.75, 3.05) is 19.6 Å². The average molecular weight is 298 g/mol. The van der Waals surface area contributed by atoms with Gasteiger partial charge in [0.15, 0.2) is 0 Å². The lowest BCUT2D eigenvalue weighted by molar-refractivity contribution is 0.0718. The van der Waals surface area contributed by atoms with E-state index in [1.807, 2.05) is 42.4 Å². The van der Waals surface area contributed by atoms with E-state index in [0.717, 1.165) is 42.9 Å². The molecule has 3 rings (SSSR count). The molecular formula is C17H22N4O. The summed E-state index contributed by atoms with van der Waals surface area (Å²) in [5, 5.41) is 3.37. The summed E-state index contributed by atoms with van der Waals surface area (Å²) < 4.78 is 0. The third-order valence-electron chi connectivity index (χ3n) is 4.21. The lowest BCUT2D eigenvalue weighted by Crippen LogP contribution is -2.35. The minimum Gasteiger partial charge on any atom is -0.365 e. The predicted molar refractivity (Wildman–Crippen MR) is 85.5 cm³/mol. The van der Waals surface area contributed by atoms with Crippen molar-refractivity contribution < 1.29 is 4.79 Å². The number of nitrogens with zero attached hydrogens (tertiary/aromatic N) is 2. The Hall–Kier alpha value is -2.14. The molecule has 0 spiro atoms. The van der Waals surface area contributed by atoms with Gasteiger partial charge in [0.2, 0.25) is 0 Å². The Labute approximate surface area is 130 Å². The van der Waals surface area contributed by atoms with Crippen LogP contribution in [0.2, 0.25) is 0 Å². The molecule has 1 aliphatic rings. The number of carbonyl (C=O) groups is 1. The topological polar surface area (TPSA) is 61.0 Å². The minimum absolute atomic E-state index is 0.0921. The maximum absolute atomic E-state index is 12.9. The highest BCUT2D eigenvalue weighted by molar-refractivity contribution is 5.95. The molecule has 3 heterocycles. The van der Waals surface area contributed by atoms with Crippen LogP contribution in [-0.4, -0.2) is 40.4 Å². The predicted octanol–water partition coefficient (Wildman–Crippen LogP) is 1.97. The van der Waals surface area contributed by atoms with Crippen molar-refractivity contribution in [3.8, 4) is 0 Å². The van der Waals surface area contributed by atoms with Gasteiger partial charge in [0, 0.05) is 37.4 Å². The molecule has 1 saturated heterocycles. The number of hydrogen-bond donors (Lipinski definition) is 2. The van der Waals surface area contributed by atoms with Gasteiger partial charge in [-0.1, -0.05) is 6.07 Å². The first-order chi connectivity index (χ1) is 10.7. The van der Waals surface area contributed by atoms with Gasteiger partial charge >= 0.3 is 0 Å². The van der Waals surface area contributed by atoms with Crippen LogP contribution in [-0.2, 0) is 6.54 Å². The molecule has 5 heteroatoms. The Morgan fingerprint density at radius 1 is 1.45 bits per heavy atom. The number of aromatic amines is 1. The second-order valence-corrected chi connectivity index (χ2v) is 5.92. The first-order valence-corrected chi connectivity index (χ1v) is 7.77. The molecule has 2 aromatic heterocycles. The maximum Gasteiger partial charge on any atom is 0.255 e. The van der Waals surface area contributed by atoms with Crippen LogP contribution in [0.1, 0.15) is 28.0 Å². The third kappa shape index (κ3) is 3.36. The van der Waals surface area contributed by atoms with Crippen LogP contribution in [0.3, 0.4) is 0 Å². The van der Waals surface area contributed by atoms with Gasteiger partial charge in [0.1, 0.15) is 0 Å². The van der Waals surface area contributed by atoms with Crippen LogP contribution in [0.15, 0.2) is 36.8 Å². The van der Waals surface area contributed by atoms with E-state index in [9.17, 15) is 4.79 Å². The van der Waals surface area contributed by atoms with Gasteiger partial charge in [-0.3, -0.25) is 9.78 Å². The Balaban J connectivity index is 1.78. The van der Waals surface area contributed by atoms with E-state index in [1.54, 1.807) is 6.20 Å². The molecule has 0 radical (unpaired) electrons. The van der Waals surface area contributed by atoms with Gasteiger partial charge in [0.25, 0.3) is 5.91 Å². The fraction of sp³-hybridized carbons (Fsp3) is 0.412. The standard InChI is InChI=1S/C17H22N4O/c1-13-16(5-8-20-13)17(22)21(12-15-4-7-19-10-15)11-14-3-2-6-18-9-14/h2-3,5-6,8-9,15,19-20H,4,7,10-12H2,1H3/t15-/m0/s1. The Bertz CT molecular complexity index is 617. The van der Waals surface area contributed by atoms with Crippen molar-refractivity contribution in [3.05, 3.63) is 53.6 Å². The summed E-state index contributed by atoms with van der Waals surface area (Å²) in [5.41, 5.74) is 2.75. The molecule has 22 heavy (non-hydrogen) atoms. The highest BCUT2D eigenvalue weighted by Crippen LogP contribution is 2.17. The van der Waals surface area contributed by atoms with Gasteiger partial charge in [-0.25, -0.2) is 0 Å². The van der Waals surface area contributed by atoms with E-state index in [0.29, 0.717) is 12.5 Å². The van der Waals surface area contributed by atoms with Crippen LogP contribution < -0.4 is 5.32 Å². The summed E-state index contributed by atoms with van der Waals surface area (Å²) in [5.74, 6) is 0.620. The van der Waals surface area contributed by atoms with Gasteiger partial charge in [-0.15, -0.1) is 0 Å². The first kappa shape index (κ1) is 14.8. The van der Waals surface area contributed by atoms with E-state index >= 15 is 0 Å². The molecule has 1 amide bonds. The van der Waals surface area contributed by atoms with E-state index in [2.05, 4.69) is 15.3 Å². The molecule has 0 aliphatic carbocycles. The fourth-order valence-electron chi connectivity index (χ4n) is 2.97. The van der Waals surface area contributed by atoms with Gasteiger partial charge in [-0.2, -0.15) is 0 Å². The molecule has 0 bridgehead atoms. The number of aromatic nitrogens is 2. The Kier molecular flexibility index (Phi) is 4.53. The van der Waals surface area contributed by atoms with Crippen LogP contribution in [0.25, 0.3) is 0 Å². The van der Waals surface area contributed by atoms with E-state index in [1.165, 1.54) is 0 Å². The van der Waals surface area contributed by atoms with Crippen LogP contribution in [0.4, 0.5) is 0 Å². The van der Waals surface area contributed by atoms with E-state index in [-0.39, 0.29) is 5.91 Å². The number of nitrogens with one attached hydrogen (secondary N) is 2. The number of pyridine rings is 1. The van der Waals surface area contributed by atoms with Crippen molar-refractivity contribution in [1.29, 1.82) is 0 Å². The van der Waals surface area contributed by atoms with Crippen LogP contribution in [0.5, 0.6) is 0 Å². The molecule has 116 valence electrons. The van der Waals surface area contributed by atoms with Crippen LogP contribution >= 0.6 is 0 Å². The van der Waals surface area contributed by atoms with Crippen molar-refractivity contribution in [2.45, 2.75) is 19.9 Å². The minimum atomic E-state index is 0.0921. The summed E-state index contributed by atoms with van der Waals surface area (Å²) in [6.45, 7) is 5.36. The molecule has 1 atom stereocenters. The third-order valence-corrected chi connectivity index (χ3v) is 4.21. The van der Waals surface area contributed by atoms with E-state index < -0.39 is 0 Å². The number of carbonyl (C=O) groups excluding carboxylic acids is 1. The largest absolute Gasteiger partial charge is 0.365 e. The highest BCUT2D eigenvalue weighted by atomic mass is 16.2. The Morgan fingerprint density at radius 2 is 2.36 bits per heavy atom. The SMILES string of the molecule is Cc1[nH]ccc1C(=O)N(Cc1cccnc1)C[C@H]1CCNC1. The molecule has 2 aromatic rings. The summed E-state index contributed by atoms with van der Waals surface area (Å²) in [4.78, 5) is 22.1. The van der Waals surface area contributed by atoms with E-state index in [4.69, 9.17) is 0 Å². The summed E-state index contributed by atoms with van der Waals surface area (Å²) >= 11 is 0. The summed E-state index contributed by atoms with van der Waals surface area (Å²) in [6.07, 6.45) is 6.54.